The molecule has 3 N–H and O–H groups in total. The van der Waals surface area contributed by atoms with Crippen molar-refractivity contribution in [3.63, 3.8) is 0 Å². The second kappa shape index (κ2) is 6.47. The lowest BCUT2D eigenvalue weighted by atomic mass is 10.2. The first kappa shape index (κ1) is 15.1. The molecule has 2 heterocycles. The fraction of sp³-hybridized carbons (Fsp3) is 0.615. The molecule has 0 spiro atoms. The van der Waals surface area contributed by atoms with Crippen LogP contribution in [0.4, 0.5) is 10.5 Å². The molecular formula is C13H22N6O2. The molecule has 1 fully saturated rings. The van der Waals surface area contributed by atoms with Crippen LogP contribution < -0.4 is 11.1 Å². The Bertz CT molecular complexity index is 519. The van der Waals surface area contributed by atoms with Gasteiger partial charge < -0.3 is 20.9 Å². The molecule has 2 rings (SSSR count). The molecule has 8 heteroatoms. The summed E-state index contributed by atoms with van der Waals surface area (Å²) in [7, 11) is 0. The van der Waals surface area contributed by atoms with Crippen LogP contribution in [0.5, 0.6) is 0 Å². The summed E-state index contributed by atoms with van der Waals surface area (Å²) in [4.78, 5) is 27.7. The number of nitrogens with one attached hydrogen (secondary N) is 1. The van der Waals surface area contributed by atoms with Crippen LogP contribution in [0.25, 0.3) is 0 Å². The van der Waals surface area contributed by atoms with Gasteiger partial charge in [-0.1, -0.05) is 0 Å². The predicted octanol–water partition coefficient (Wildman–Crippen LogP) is -0.0275. The Kier molecular flexibility index (Phi) is 4.66. The third kappa shape index (κ3) is 3.09. The minimum absolute atomic E-state index is 0.0808. The molecule has 0 aromatic carbocycles. The third-order valence-corrected chi connectivity index (χ3v) is 3.55. The smallest absolute Gasteiger partial charge is 0.317 e. The van der Waals surface area contributed by atoms with E-state index in [0.29, 0.717) is 50.6 Å². The first-order chi connectivity index (χ1) is 10.1. The molecule has 1 aliphatic rings. The van der Waals surface area contributed by atoms with E-state index in [1.807, 2.05) is 13.8 Å². The molecule has 1 aliphatic heterocycles. The summed E-state index contributed by atoms with van der Waals surface area (Å²) in [5.41, 5.74) is 6.66. The molecule has 1 aromatic rings. The Hall–Kier alpha value is -2.25. The number of hydrogen-bond donors (Lipinski definition) is 2. The number of aryl methyl sites for hydroxylation is 1. The summed E-state index contributed by atoms with van der Waals surface area (Å²) in [6, 6.07) is -0.0808. The van der Waals surface area contributed by atoms with Crippen molar-refractivity contribution < 1.29 is 9.59 Å². The van der Waals surface area contributed by atoms with E-state index in [0.717, 1.165) is 0 Å². The molecule has 8 nitrogen and oxygen atoms in total. The number of urea groups is 1. The molecule has 0 radical (unpaired) electrons. The van der Waals surface area contributed by atoms with E-state index < -0.39 is 0 Å². The van der Waals surface area contributed by atoms with Crippen LogP contribution in [-0.4, -0.2) is 64.2 Å². The fourth-order valence-corrected chi connectivity index (χ4v) is 2.40. The average Bonchev–Trinajstić information content (AvgIpc) is 2.88. The van der Waals surface area contributed by atoms with Gasteiger partial charge in [0.2, 0.25) is 0 Å². The van der Waals surface area contributed by atoms with Crippen LogP contribution in [-0.2, 0) is 6.54 Å². The van der Waals surface area contributed by atoms with Crippen molar-refractivity contribution >= 4 is 17.6 Å². The maximum absolute atomic E-state index is 12.5. The topological polar surface area (TPSA) is 96.5 Å². The number of nitrogen functional groups attached to an aromatic ring is 1. The Morgan fingerprint density at radius 3 is 2.43 bits per heavy atom. The average molecular weight is 294 g/mol. The first-order valence-electron chi connectivity index (χ1n) is 7.21. The van der Waals surface area contributed by atoms with Crippen LogP contribution in [0.2, 0.25) is 0 Å². The molecule has 0 unspecified atom stereocenters. The van der Waals surface area contributed by atoms with Crippen molar-refractivity contribution in [2.24, 2.45) is 0 Å². The van der Waals surface area contributed by atoms with Crippen LogP contribution in [0.3, 0.4) is 0 Å². The Morgan fingerprint density at radius 2 is 1.86 bits per heavy atom. The summed E-state index contributed by atoms with van der Waals surface area (Å²) in [5.74, 6) is -0.123. The van der Waals surface area contributed by atoms with Gasteiger partial charge in [0.15, 0.2) is 0 Å². The number of hydrogen-bond acceptors (Lipinski definition) is 4. The Morgan fingerprint density at radius 1 is 1.24 bits per heavy atom. The molecule has 0 bridgehead atoms. The third-order valence-electron chi connectivity index (χ3n) is 3.55. The number of rotatable bonds is 3. The molecule has 3 amide bonds. The SMILES string of the molecule is CCNC(=O)N1CCN(C(=O)c2c(N)cnn2CC)CC1. The van der Waals surface area contributed by atoms with Crippen molar-refractivity contribution in [3.8, 4) is 0 Å². The molecule has 116 valence electrons. The van der Waals surface area contributed by atoms with E-state index in [9.17, 15) is 9.59 Å². The number of amides is 3. The van der Waals surface area contributed by atoms with Gasteiger partial charge >= 0.3 is 6.03 Å². The number of aromatic nitrogens is 2. The largest absolute Gasteiger partial charge is 0.396 e. The van der Waals surface area contributed by atoms with Crippen molar-refractivity contribution in [1.29, 1.82) is 0 Å². The number of anilines is 1. The van der Waals surface area contributed by atoms with Gasteiger partial charge in [-0.25, -0.2) is 4.79 Å². The minimum Gasteiger partial charge on any atom is -0.396 e. The lowest BCUT2D eigenvalue weighted by Crippen LogP contribution is -2.53. The van der Waals surface area contributed by atoms with Crippen LogP contribution in [0, 0.1) is 0 Å². The van der Waals surface area contributed by atoms with Gasteiger partial charge in [0.1, 0.15) is 5.69 Å². The second-order valence-electron chi connectivity index (χ2n) is 4.88. The fourth-order valence-electron chi connectivity index (χ4n) is 2.40. The Labute approximate surface area is 123 Å². The molecule has 0 atom stereocenters. The van der Waals surface area contributed by atoms with Gasteiger partial charge in [0.25, 0.3) is 5.91 Å². The van der Waals surface area contributed by atoms with Gasteiger partial charge in [-0.05, 0) is 13.8 Å². The number of nitrogens with two attached hydrogens (primary N) is 1. The number of carbonyl (C=O) groups is 2. The van der Waals surface area contributed by atoms with Crippen molar-refractivity contribution in [3.05, 3.63) is 11.9 Å². The predicted molar refractivity (Wildman–Crippen MR) is 78.9 cm³/mol. The minimum atomic E-state index is -0.123. The van der Waals surface area contributed by atoms with Crippen LogP contribution in [0.1, 0.15) is 24.3 Å². The van der Waals surface area contributed by atoms with E-state index in [-0.39, 0.29) is 11.9 Å². The summed E-state index contributed by atoms with van der Waals surface area (Å²) >= 11 is 0. The first-order valence-corrected chi connectivity index (χ1v) is 7.21. The maximum Gasteiger partial charge on any atom is 0.317 e. The zero-order valence-electron chi connectivity index (χ0n) is 12.5. The summed E-state index contributed by atoms with van der Waals surface area (Å²) in [5, 5.41) is 6.85. The summed E-state index contributed by atoms with van der Waals surface area (Å²) in [6.45, 7) is 7.05. The monoisotopic (exact) mass is 294 g/mol. The van der Waals surface area contributed by atoms with Crippen LogP contribution >= 0.6 is 0 Å². The molecule has 0 saturated carbocycles. The second-order valence-corrected chi connectivity index (χ2v) is 4.88. The number of carbonyl (C=O) groups excluding carboxylic acids is 2. The highest BCUT2D eigenvalue weighted by molar-refractivity contribution is 5.97. The highest BCUT2D eigenvalue weighted by Gasteiger charge is 2.27. The van der Waals surface area contributed by atoms with E-state index in [4.69, 9.17) is 5.73 Å². The van der Waals surface area contributed by atoms with E-state index in [1.165, 1.54) is 6.20 Å². The normalized spacial score (nSPS) is 15.1. The van der Waals surface area contributed by atoms with Crippen molar-refractivity contribution in [2.75, 3.05) is 38.5 Å². The van der Waals surface area contributed by atoms with Gasteiger partial charge in [-0.15, -0.1) is 0 Å². The zero-order chi connectivity index (χ0) is 15.4. The van der Waals surface area contributed by atoms with Crippen molar-refractivity contribution in [1.82, 2.24) is 24.9 Å². The van der Waals surface area contributed by atoms with Gasteiger partial charge in [-0.2, -0.15) is 5.10 Å². The summed E-state index contributed by atoms with van der Waals surface area (Å²) in [6.07, 6.45) is 1.50. The zero-order valence-corrected chi connectivity index (χ0v) is 12.5. The van der Waals surface area contributed by atoms with Gasteiger partial charge in [0, 0.05) is 39.3 Å². The molecular weight excluding hydrogens is 272 g/mol. The number of piperazine rings is 1. The van der Waals surface area contributed by atoms with Gasteiger partial charge in [0.05, 0.1) is 11.9 Å². The van der Waals surface area contributed by atoms with Crippen molar-refractivity contribution in [2.45, 2.75) is 20.4 Å². The lowest BCUT2D eigenvalue weighted by Gasteiger charge is -2.34. The highest BCUT2D eigenvalue weighted by atomic mass is 16.2. The van der Waals surface area contributed by atoms with E-state index in [1.54, 1.807) is 14.5 Å². The standard InChI is InChI=1S/C13H22N6O2/c1-3-15-13(21)18-7-5-17(6-8-18)12(20)11-10(14)9-16-19(11)4-2/h9H,3-8,14H2,1-2H3,(H,15,21). The quantitative estimate of drug-likeness (QED) is 0.818. The highest BCUT2D eigenvalue weighted by Crippen LogP contribution is 2.15. The van der Waals surface area contributed by atoms with Gasteiger partial charge in [-0.3, -0.25) is 9.48 Å². The summed E-state index contributed by atoms with van der Waals surface area (Å²) < 4.78 is 1.60. The Balaban J connectivity index is 2.00. The molecule has 21 heavy (non-hydrogen) atoms. The lowest BCUT2D eigenvalue weighted by molar-refractivity contribution is 0.0654. The van der Waals surface area contributed by atoms with Crippen LogP contribution in [0.15, 0.2) is 6.20 Å². The van der Waals surface area contributed by atoms with E-state index >= 15 is 0 Å². The molecule has 1 saturated heterocycles. The molecule has 0 aliphatic carbocycles. The van der Waals surface area contributed by atoms with E-state index in [2.05, 4.69) is 10.4 Å². The number of nitrogens with zero attached hydrogens (tertiary/aromatic N) is 4. The molecule has 1 aromatic heterocycles. The maximum atomic E-state index is 12.5.